The number of ketones is 1. The minimum atomic E-state index is -0.560. The highest BCUT2D eigenvalue weighted by Gasteiger charge is 2.07. The zero-order valence-corrected chi connectivity index (χ0v) is 15.1. The Labute approximate surface area is 152 Å². The van der Waals surface area contributed by atoms with Crippen LogP contribution in [0.5, 0.6) is 0 Å². The van der Waals surface area contributed by atoms with Crippen molar-refractivity contribution in [3.05, 3.63) is 37.1 Å². The third kappa shape index (κ3) is 16.6. The van der Waals surface area contributed by atoms with E-state index >= 15 is 0 Å². The van der Waals surface area contributed by atoms with Crippen LogP contribution in [-0.4, -0.2) is 49.3 Å². The molecule has 0 radical (unpaired) electrons. The Morgan fingerprint density at radius 3 is 2.00 bits per heavy atom. The minimum Gasteiger partial charge on any atom is -0.497 e. The van der Waals surface area contributed by atoms with E-state index < -0.39 is 11.9 Å². The summed E-state index contributed by atoms with van der Waals surface area (Å²) in [6.45, 7) is 9.38. The van der Waals surface area contributed by atoms with Crippen LogP contribution < -0.4 is 0 Å². The molecule has 0 unspecified atom stereocenters. The number of hydrogen-bond acceptors (Lipinski definition) is 6. The molecule has 0 aromatic rings. The van der Waals surface area contributed by atoms with E-state index in [2.05, 4.69) is 17.9 Å². The first-order valence-corrected chi connectivity index (χ1v) is 8.03. The number of esters is 2. The average molecular weight is 381 g/mol. The predicted octanol–water partition coefficient (Wildman–Crippen LogP) is 2.79. The fourth-order valence-corrected chi connectivity index (χ4v) is 1.28. The van der Waals surface area contributed by atoms with Gasteiger partial charge >= 0.3 is 11.9 Å². The highest BCUT2D eigenvalue weighted by molar-refractivity contribution is 6.28. The van der Waals surface area contributed by atoms with Crippen molar-refractivity contribution in [2.45, 2.75) is 13.3 Å². The molecule has 0 fully saturated rings. The van der Waals surface area contributed by atoms with Crippen LogP contribution >= 0.6 is 23.2 Å². The van der Waals surface area contributed by atoms with Gasteiger partial charge in [-0.3, -0.25) is 9.59 Å². The van der Waals surface area contributed by atoms with Crippen molar-refractivity contribution in [1.29, 1.82) is 0 Å². The van der Waals surface area contributed by atoms with Crippen LogP contribution in [0.3, 0.4) is 0 Å². The van der Waals surface area contributed by atoms with E-state index in [0.717, 1.165) is 0 Å². The minimum absolute atomic E-state index is 0.133. The van der Waals surface area contributed by atoms with Gasteiger partial charge in [0.2, 0.25) is 0 Å². The lowest BCUT2D eigenvalue weighted by Gasteiger charge is -2.04. The Balaban J connectivity index is 0. The van der Waals surface area contributed by atoms with Gasteiger partial charge in [-0.05, 0) is 6.92 Å². The molecule has 0 aliphatic heterocycles. The van der Waals surface area contributed by atoms with Gasteiger partial charge in [0.15, 0.2) is 5.78 Å². The number of halogens is 2. The highest BCUT2D eigenvalue weighted by atomic mass is 35.5. The maximum atomic E-state index is 11.0. The summed E-state index contributed by atoms with van der Waals surface area (Å²) in [4.78, 5) is 32.1. The van der Waals surface area contributed by atoms with Crippen molar-refractivity contribution in [3.63, 3.8) is 0 Å². The zero-order valence-electron chi connectivity index (χ0n) is 13.6. The van der Waals surface area contributed by atoms with E-state index in [-0.39, 0.29) is 37.2 Å². The third-order valence-corrected chi connectivity index (χ3v) is 2.50. The molecule has 0 aromatic carbocycles. The number of carbonyl (C=O) groups excluding carboxylic acids is 3. The molecular formula is C16H22Cl2O6. The number of ether oxygens (including phenoxy) is 3. The predicted molar refractivity (Wildman–Crippen MR) is 93.1 cm³/mol. The quantitative estimate of drug-likeness (QED) is 0.137. The molecule has 0 bridgehead atoms. The summed E-state index contributed by atoms with van der Waals surface area (Å²) in [6.07, 6.45) is 3.91. The summed E-state index contributed by atoms with van der Waals surface area (Å²) in [5.41, 5.74) is 0. The Kier molecular flexibility index (Phi) is 17.9. The van der Waals surface area contributed by atoms with Gasteiger partial charge in [0, 0.05) is 0 Å². The Bertz CT molecular complexity index is 446. The van der Waals surface area contributed by atoms with Gasteiger partial charge in [0.25, 0.3) is 0 Å². The molecule has 0 aromatic heterocycles. The summed E-state index contributed by atoms with van der Waals surface area (Å²) in [6, 6.07) is 0. The maximum absolute atomic E-state index is 11.0. The largest absolute Gasteiger partial charge is 0.497 e. The molecule has 0 heterocycles. The molecule has 0 atom stereocenters. The maximum Gasteiger partial charge on any atom is 0.334 e. The summed E-state index contributed by atoms with van der Waals surface area (Å²) in [7, 11) is 0. The molecule has 0 saturated carbocycles. The number of allylic oxidation sites excluding steroid dienone is 1. The molecule has 6 nitrogen and oxygen atoms in total. The molecule has 8 heteroatoms. The molecule has 136 valence electrons. The van der Waals surface area contributed by atoms with E-state index in [0.29, 0.717) is 12.4 Å². The van der Waals surface area contributed by atoms with Crippen LogP contribution in [0.2, 0.25) is 0 Å². The van der Waals surface area contributed by atoms with Gasteiger partial charge in [-0.2, -0.15) is 0 Å². The second kappa shape index (κ2) is 17.6. The molecule has 0 aliphatic rings. The fraction of sp³-hybridized carbons (Fsp3) is 0.438. The molecule has 0 amide bonds. The van der Waals surface area contributed by atoms with Crippen molar-refractivity contribution in [2.24, 2.45) is 0 Å². The van der Waals surface area contributed by atoms with E-state index in [4.69, 9.17) is 32.7 Å². The van der Waals surface area contributed by atoms with Crippen LogP contribution in [0.4, 0.5) is 0 Å². The van der Waals surface area contributed by atoms with Crippen LogP contribution in [0.1, 0.15) is 13.3 Å². The number of hydrogen-bond donors (Lipinski definition) is 0. The van der Waals surface area contributed by atoms with Gasteiger partial charge < -0.3 is 14.2 Å². The first-order valence-electron chi connectivity index (χ1n) is 6.96. The van der Waals surface area contributed by atoms with E-state index in [1.54, 1.807) is 0 Å². The van der Waals surface area contributed by atoms with E-state index in [1.807, 2.05) is 6.92 Å². The van der Waals surface area contributed by atoms with Crippen molar-refractivity contribution in [2.75, 3.05) is 31.6 Å². The lowest BCUT2D eigenvalue weighted by molar-refractivity contribution is -0.144. The standard InChI is InChI=1S/C9H13ClO3.C7H9ClO3/c1-3-5-13-9(11)6-8(7-10)12-4-2;1-2-3-11-7(10)4-6(9)5-8/h3,6H,1,4-5,7H2,2H3;2H,1,3-5H2/b8-6+;. The molecule has 0 aliphatic carbocycles. The molecule has 0 rings (SSSR count). The van der Waals surface area contributed by atoms with Gasteiger partial charge in [0.05, 0.1) is 24.4 Å². The van der Waals surface area contributed by atoms with E-state index in [9.17, 15) is 14.4 Å². The zero-order chi connectivity index (χ0) is 18.8. The second-order valence-corrected chi connectivity index (χ2v) is 4.45. The third-order valence-electron chi connectivity index (χ3n) is 1.94. The number of rotatable bonds is 11. The van der Waals surface area contributed by atoms with Crippen molar-refractivity contribution < 1.29 is 28.6 Å². The number of Topliss-reactive ketones (excluding diaryl/α,β-unsaturated/α-hetero) is 1. The second-order valence-electron chi connectivity index (χ2n) is 3.92. The summed E-state index contributed by atoms with van der Waals surface area (Å²) < 4.78 is 14.3. The SMILES string of the molecule is C=CCOC(=O)/C=C(\CCl)OCC.C=CCOC(=O)CC(=O)CCl. The summed E-state index contributed by atoms with van der Waals surface area (Å²) in [5.74, 6) is -0.932. The average Bonchev–Trinajstić information content (AvgIpc) is 2.58. The van der Waals surface area contributed by atoms with Crippen LogP contribution in [0.25, 0.3) is 0 Å². The van der Waals surface area contributed by atoms with Crippen molar-refractivity contribution >= 4 is 40.9 Å². The first-order chi connectivity index (χ1) is 11.4. The molecular weight excluding hydrogens is 359 g/mol. The van der Waals surface area contributed by atoms with Gasteiger partial charge in [-0.25, -0.2) is 4.79 Å². The van der Waals surface area contributed by atoms with E-state index in [1.165, 1.54) is 18.2 Å². The Morgan fingerprint density at radius 1 is 0.958 bits per heavy atom. The number of carbonyl (C=O) groups is 3. The highest BCUT2D eigenvalue weighted by Crippen LogP contribution is 2.00. The van der Waals surface area contributed by atoms with Gasteiger partial charge in [-0.1, -0.05) is 25.3 Å². The normalized spacial score (nSPS) is 9.88. The van der Waals surface area contributed by atoms with Crippen molar-refractivity contribution in [1.82, 2.24) is 0 Å². The molecule has 24 heavy (non-hydrogen) atoms. The van der Waals surface area contributed by atoms with Crippen molar-refractivity contribution in [3.8, 4) is 0 Å². The van der Waals surface area contributed by atoms with Crippen LogP contribution in [0, 0.1) is 0 Å². The van der Waals surface area contributed by atoms with Crippen LogP contribution in [0.15, 0.2) is 37.1 Å². The van der Waals surface area contributed by atoms with Gasteiger partial charge in [-0.15, -0.1) is 23.2 Å². The first kappa shape index (κ1) is 24.5. The lowest BCUT2D eigenvalue weighted by atomic mass is 10.3. The fourth-order valence-electron chi connectivity index (χ4n) is 1.03. The van der Waals surface area contributed by atoms with Gasteiger partial charge in [0.1, 0.15) is 25.4 Å². The molecule has 0 saturated heterocycles. The number of alkyl halides is 2. The monoisotopic (exact) mass is 380 g/mol. The smallest absolute Gasteiger partial charge is 0.334 e. The molecule has 0 spiro atoms. The molecule has 0 N–H and O–H groups in total. The lowest BCUT2D eigenvalue weighted by Crippen LogP contribution is -2.11. The summed E-state index contributed by atoms with van der Waals surface area (Å²) >= 11 is 10.7. The van der Waals surface area contributed by atoms with Crippen LogP contribution in [-0.2, 0) is 28.6 Å². The topological polar surface area (TPSA) is 78.9 Å². The Morgan fingerprint density at radius 2 is 1.54 bits per heavy atom. The Hall–Kier alpha value is -1.79. The summed E-state index contributed by atoms with van der Waals surface area (Å²) in [5, 5.41) is 0.